The Bertz CT molecular complexity index is 237. The summed E-state index contributed by atoms with van der Waals surface area (Å²) < 4.78 is 0. The molecule has 0 aliphatic carbocycles. The number of nitrogens with zero attached hydrogens (tertiary/aromatic N) is 1. The molecular weight excluding hydrogens is 152 g/mol. The first-order valence-corrected chi connectivity index (χ1v) is 3.51. The molecule has 0 saturated carbocycles. The first-order valence-electron chi connectivity index (χ1n) is 3.51. The smallest absolute Gasteiger partial charge is 0.107 e. The summed E-state index contributed by atoms with van der Waals surface area (Å²) >= 11 is 0. The molecule has 0 aromatic carbocycles. The standard InChI is InChI=1S/C8H14N4/c1-4-11-6(2)8(10)7(3)12-5-9/h4-5,9,11H,1,10H2,2-3H3/b8-6-,9-5?,12-7-. The monoisotopic (exact) mass is 166 g/mol. The van der Waals surface area contributed by atoms with Crippen molar-refractivity contribution in [3.8, 4) is 0 Å². The summed E-state index contributed by atoms with van der Waals surface area (Å²) in [5.74, 6) is 0. The zero-order chi connectivity index (χ0) is 9.56. The van der Waals surface area contributed by atoms with E-state index in [0.29, 0.717) is 11.4 Å². The van der Waals surface area contributed by atoms with Crippen LogP contribution in [0.2, 0.25) is 0 Å². The van der Waals surface area contributed by atoms with Crippen molar-refractivity contribution in [2.45, 2.75) is 13.8 Å². The fourth-order valence-corrected chi connectivity index (χ4v) is 0.669. The molecule has 4 N–H and O–H groups in total. The van der Waals surface area contributed by atoms with Gasteiger partial charge in [-0.15, -0.1) is 0 Å². The van der Waals surface area contributed by atoms with Crippen LogP contribution in [0.5, 0.6) is 0 Å². The molecule has 12 heavy (non-hydrogen) atoms. The summed E-state index contributed by atoms with van der Waals surface area (Å²) in [7, 11) is 0. The van der Waals surface area contributed by atoms with E-state index in [0.717, 1.165) is 12.0 Å². The van der Waals surface area contributed by atoms with Crippen molar-refractivity contribution >= 4 is 12.1 Å². The quantitative estimate of drug-likeness (QED) is 0.430. The molecule has 0 aliphatic rings. The van der Waals surface area contributed by atoms with Gasteiger partial charge in [0.25, 0.3) is 0 Å². The Balaban J connectivity index is 4.63. The Labute approximate surface area is 72.4 Å². The Morgan fingerprint density at radius 2 is 2.17 bits per heavy atom. The highest BCUT2D eigenvalue weighted by atomic mass is 14.9. The van der Waals surface area contributed by atoms with E-state index in [9.17, 15) is 0 Å². The number of aliphatic imine (C=N–C) groups is 1. The fraction of sp³-hybridized carbons (Fsp3) is 0.250. The Morgan fingerprint density at radius 3 is 2.58 bits per heavy atom. The number of hydrogen-bond donors (Lipinski definition) is 3. The lowest BCUT2D eigenvalue weighted by atomic mass is 10.2. The lowest BCUT2D eigenvalue weighted by Gasteiger charge is -2.05. The Hall–Kier alpha value is -1.58. The molecule has 0 aromatic heterocycles. The summed E-state index contributed by atoms with van der Waals surface area (Å²) in [5, 5.41) is 9.59. The lowest BCUT2D eigenvalue weighted by molar-refractivity contribution is 1.03. The summed E-state index contributed by atoms with van der Waals surface area (Å²) in [6, 6.07) is 0. The molecule has 0 rings (SSSR count). The molecule has 0 aromatic rings. The fourth-order valence-electron chi connectivity index (χ4n) is 0.669. The van der Waals surface area contributed by atoms with Crippen LogP contribution in [0, 0.1) is 5.41 Å². The number of nitrogens with two attached hydrogens (primary N) is 1. The predicted molar refractivity (Wildman–Crippen MR) is 52.1 cm³/mol. The molecule has 0 saturated heterocycles. The topological polar surface area (TPSA) is 74.3 Å². The minimum atomic E-state index is 0.540. The number of rotatable bonds is 4. The average Bonchev–Trinajstić information content (AvgIpc) is 2.04. The van der Waals surface area contributed by atoms with Crippen LogP contribution in [0.15, 0.2) is 29.2 Å². The van der Waals surface area contributed by atoms with E-state index in [1.165, 1.54) is 0 Å². The predicted octanol–water partition coefficient (Wildman–Crippen LogP) is 0.978. The molecule has 4 heteroatoms. The Kier molecular flexibility index (Phi) is 4.45. The largest absolute Gasteiger partial charge is 0.396 e. The van der Waals surface area contributed by atoms with Crippen LogP contribution in [0.1, 0.15) is 13.8 Å². The summed E-state index contributed by atoms with van der Waals surface area (Å²) in [6.45, 7) is 7.07. The van der Waals surface area contributed by atoms with Gasteiger partial charge in [-0.2, -0.15) is 0 Å². The highest BCUT2D eigenvalue weighted by Gasteiger charge is 1.98. The van der Waals surface area contributed by atoms with Crippen LogP contribution >= 0.6 is 0 Å². The molecule has 0 fully saturated rings. The van der Waals surface area contributed by atoms with Crippen LogP contribution in [-0.2, 0) is 0 Å². The van der Waals surface area contributed by atoms with Crippen molar-refractivity contribution in [2.75, 3.05) is 0 Å². The van der Waals surface area contributed by atoms with Crippen LogP contribution in [0.3, 0.4) is 0 Å². The molecule has 0 spiro atoms. The zero-order valence-corrected chi connectivity index (χ0v) is 7.39. The maximum atomic E-state index is 6.74. The van der Waals surface area contributed by atoms with Crippen LogP contribution in [0.25, 0.3) is 0 Å². The van der Waals surface area contributed by atoms with Gasteiger partial charge in [0.15, 0.2) is 0 Å². The van der Waals surface area contributed by atoms with E-state index in [4.69, 9.17) is 11.1 Å². The van der Waals surface area contributed by atoms with Crippen LogP contribution in [0.4, 0.5) is 0 Å². The first-order chi connectivity index (χ1) is 5.63. The van der Waals surface area contributed by atoms with Gasteiger partial charge in [0.05, 0.1) is 11.4 Å². The van der Waals surface area contributed by atoms with Crippen molar-refractivity contribution in [1.29, 1.82) is 5.41 Å². The minimum absolute atomic E-state index is 0.540. The highest BCUT2D eigenvalue weighted by molar-refractivity contribution is 6.01. The van der Waals surface area contributed by atoms with E-state index in [2.05, 4.69) is 16.9 Å². The zero-order valence-electron chi connectivity index (χ0n) is 7.39. The average molecular weight is 166 g/mol. The van der Waals surface area contributed by atoms with Gasteiger partial charge in [0, 0.05) is 5.70 Å². The van der Waals surface area contributed by atoms with E-state index in [-0.39, 0.29) is 0 Å². The van der Waals surface area contributed by atoms with E-state index in [1.54, 1.807) is 13.1 Å². The molecule has 0 unspecified atom stereocenters. The maximum absolute atomic E-state index is 6.74. The van der Waals surface area contributed by atoms with E-state index >= 15 is 0 Å². The van der Waals surface area contributed by atoms with Gasteiger partial charge in [-0.05, 0) is 20.0 Å². The molecule has 0 aliphatic heterocycles. The number of nitrogens with one attached hydrogen (secondary N) is 2. The van der Waals surface area contributed by atoms with Crippen LogP contribution in [-0.4, -0.2) is 12.1 Å². The second-order valence-corrected chi connectivity index (χ2v) is 2.23. The number of hydrogen-bond acceptors (Lipinski definition) is 3. The summed E-state index contributed by atoms with van der Waals surface area (Å²) in [5.41, 5.74) is 7.62. The lowest BCUT2D eigenvalue weighted by Crippen LogP contribution is -2.16. The number of allylic oxidation sites excluding steroid dienone is 2. The van der Waals surface area contributed by atoms with Gasteiger partial charge in [0.2, 0.25) is 0 Å². The Morgan fingerprint density at radius 1 is 1.58 bits per heavy atom. The summed E-state index contributed by atoms with van der Waals surface area (Å²) in [6.07, 6.45) is 2.50. The highest BCUT2D eigenvalue weighted by Crippen LogP contribution is 1.96. The SMILES string of the molecule is C=CN/C(C)=C(N)/C(C)=N\C=N. The van der Waals surface area contributed by atoms with Gasteiger partial charge < -0.3 is 11.1 Å². The molecule has 66 valence electrons. The van der Waals surface area contributed by atoms with E-state index < -0.39 is 0 Å². The second-order valence-electron chi connectivity index (χ2n) is 2.23. The van der Waals surface area contributed by atoms with Crippen molar-refractivity contribution in [2.24, 2.45) is 10.7 Å². The molecular formula is C8H14N4. The first kappa shape index (κ1) is 10.4. The van der Waals surface area contributed by atoms with E-state index in [1.807, 2.05) is 6.92 Å². The van der Waals surface area contributed by atoms with Gasteiger partial charge in [-0.1, -0.05) is 6.58 Å². The molecule has 0 atom stereocenters. The second kappa shape index (κ2) is 5.12. The van der Waals surface area contributed by atoms with Gasteiger partial charge in [-0.25, -0.2) is 4.99 Å². The van der Waals surface area contributed by atoms with Crippen molar-refractivity contribution in [3.63, 3.8) is 0 Å². The maximum Gasteiger partial charge on any atom is 0.107 e. The van der Waals surface area contributed by atoms with Gasteiger partial charge in [-0.3, -0.25) is 5.41 Å². The minimum Gasteiger partial charge on any atom is -0.396 e. The molecule has 4 nitrogen and oxygen atoms in total. The molecule has 0 bridgehead atoms. The van der Waals surface area contributed by atoms with Crippen molar-refractivity contribution in [3.05, 3.63) is 24.2 Å². The van der Waals surface area contributed by atoms with Gasteiger partial charge >= 0.3 is 0 Å². The third-order valence-corrected chi connectivity index (χ3v) is 1.37. The van der Waals surface area contributed by atoms with Gasteiger partial charge in [0.1, 0.15) is 6.34 Å². The van der Waals surface area contributed by atoms with Crippen molar-refractivity contribution in [1.82, 2.24) is 5.32 Å². The normalized spacial score (nSPS) is 13.3. The molecule has 0 heterocycles. The van der Waals surface area contributed by atoms with Crippen LogP contribution < -0.4 is 11.1 Å². The third kappa shape index (κ3) is 3.01. The molecule has 0 radical (unpaired) electrons. The third-order valence-electron chi connectivity index (χ3n) is 1.37. The molecule has 0 amide bonds. The van der Waals surface area contributed by atoms with Crippen molar-refractivity contribution < 1.29 is 0 Å². The summed E-state index contributed by atoms with van der Waals surface area (Å²) in [4.78, 5) is 3.73.